The number of ether oxygens (including phenoxy) is 1. The summed E-state index contributed by atoms with van der Waals surface area (Å²) < 4.78 is 5.85. The van der Waals surface area contributed by atoms with Crippen LogP contribution in [0.3, 0.4) is 0 Å². The van der Waals surface area contributed by atoms with Gasteiger partial charge in [-0.25, -0.2) is 0 Å². The van der Waals surface area contributed by atoms with Gasteiger partial charge < -0.3 is 19.4 Å². The van der Waals surface area contributed by atoms with E-state index >= 15 is 0 Å². The standard InChI is InChI=1S/C26H33N3O3/c30-25-21-29(18-17-28(25)20-22-8-3-1-4-9-22)26(31)23-10-12-24(13-11-23)32-19-7-16-27-14-5-2-6-15-27/h1,3-4,8-13H,2,5-7,14-21H2. The molecule has 0 atom stereocenters. The van der Waals surface area contributed by atoms with Gasteiger partial charge in [0, 0.05) is 31.7 Å². The zero-order valence-electron chi connectivity index (χ0n) is 18.7. The molecule has 6 nitrogen and oxygen atoms in total. The van der Waals surface area contributed by atoms with E-state index in [0.29, 0.717) is 31.8 Å². The van der Waals surface area contributed by atoms with Crippen molar-refractivity contribution in [2.45, 2.75) is 32.2 Å². The highest BCUT2D eigenvalue weighted by Crippen LogP contribution is 2.17. The first kappa shape index (κ1) is 22.3. The summed E-state index contributed by atoms with van der Waals surface area (Å²) in [5.74, 6) is 0.667. The molecule has 2 aromatic rings. The van der Waals surface area contributed by atoms with Crippen LogP contribution in [0.2, 0.25) is 0 Å². The third-order valence-electron chi connectivity index (χ3n) is 6.26. The number of piperazine rings is 1. The van der Waals surface area contributed by atoms with Crippen LogP contribution < -0.4 is 4.74 Å². The number of piperidine rings is 1. The van der Waals surface area contributed by atoms with Gasteiger partial charge in [-0.3, -0.25) is 9.59 Å². The van der Waals surface area contributed by atoms with E-state index in [1.807, 2.05) is 47.4 Å². The van der Waals surface area contributed by atoms with Crippen LogP contribution in [0.1, 0.15) is 41.6 Å². The fourth-order valence-electron chi connectivity index (χ4n) is 4.39. The van der Waals surface area contributed by atoms with Gasteiger partial charge >= 0.3 is 0 Å². The molecule has 2 aliphatic heterocycles. The van der Waals surface area contributed by atoms with E-state index in [2.05, 4.69) is 4.90 Å². The molecule has 2 aromatic carbocycles. The largest absolute Gasteiger partial charge is 0.494 e. The maximum Gasteiger partial charge on any atom is 0.254 e. The summed E-state index contributed by atoms with van der Waals surface area (Å²) in [6.07, 6.45) is 4.99. The third kappa shape index (κ3) is 6.10. The fraction of sp³-hybridized carbons (Fsp3) is 0.462. The monoisotopic (exact) mass is 435 g/mol. The Bertz CT molecular complexity index is 879. The van der Waals surface area contributed by atoms with Crippen LogP contribution in [-0.2, 0) is 11.3 Å². The van der Waals surface area contributed by atoms with E-state index in [4.69, 9.17) is 4.74 Å². The Labute approximate surface area is 190 Å². The van der Waals surface area contributed by atoms with Crippen molar-refractivity contribution in [1.29, 1.82) is 0 Å². The van der Waals surface area contributed by atoms with Gasteiger partial charge in [-0.05, 0) is 62.2 Å². The lowest BCUT2D eigenvalue weighted by atomic mass is 10.1. The van der Waals surface area contributed by atoms with Crippen molar-refractivity contribution in [3.63, 3.8) is 0 Å². The molecule has 0 aliphatic carbocycles. The first-order valence-corrected chi connectivity index (χ1v) is 11.8. The van der Waals surface area contributed by atoms with Crippen LogP contribution in [0.4, 0.5) is 0 Å². The maximum atomic E-state index is 12.9. The molecule has 0 aromatic heterocycles. The number of hydrogen-bond donors (Lipinski definition) is 0. The highest BCUT2D eigenvalue weighted by molar-refractivity contribution is 5.97. The Balaban J connectivity index is 1.21. The van der Waals surface area contributed by atoms with Gasteiger partial charge in [-0.2, -0.15) is 0 Å². The lowest BCUT2D eigenvalue weighted by Gasteiger charge is -2.34. The molecule has 0 saturated carbocycles. The normalized spacial score (nSPS) is 17.4. The quantitative estimate of drug-likeness (QED) is 0.596. The number of carbonyl (C=O) groups is 2. The van der Waals surface area contributed by atoms with Gasteiger partial charge in [0.1, 0.15) is 12.3 Å². The highest BCUT2D eigenvalue weighted by atomic mass is 16.5. The van der Waals surface area contributed by atoms with Crippen LogP contribution >= 0.6 is 0 Å². The first-order valence-electron chi connectivity index (χ1n) is 11.8. The van der Waals surface area contributed by atoms with Crippen molar-refractivity contribution in [3.05, 3.63) is 65.7 Å². The van der Waals surface area contributed by atoms with E-state index in [1.165, 1.54) is 32.4 Å². The molecule has 4 rings (SSSR count). The summed E-state index contributed by atoms with van der Waals surface area (Å²) in [6, 6.07) is 17.2. The summed E-state index contributed by atoms with van der Waals surface area (Å²) >= 11 is 0. The fourth-order valence-corrected chi connectivity index (χ4v) is 4.39. The minimum Gasteiger partial charge on any atom is -0.494 e. The molecule has 2 heterocycles. The average Bonchev–Trinajstić information content (AvgIpc) is 2.84. The number of nitrogens with zero attached hydrogens (tertiary/aromatic N) is 3. The number of likely N-dealkylation sites (tertiary alicyclic amines) is 1. The summed E-state index contributed by atoms with van der Waals surface area (Å²) in [5, 5.41) is 0. The minimum atomic E-state index is -0.102. The molecule has 0 bridgehead atoms. The number of amides is 2. The van der Waals surface area contributed by atoms with Gasteiger partial charge in [0.2, 0.25) is 5.91 Å². The summed E-state index contributed by atoms with van der Waals surface area (Å²) in [4.78, 5) is 31.4. The molecule has 32 heavy (non-hydrogen) atoms. The minimum absolute atomic E-state index is 0.0119. The molecule has 2 saturated heterocycles. The van der Waals surface area contributed by atoms with Gasteiger partial charge in [0.05, 0.1) is 6.61 Å². The van der Waals surface area contributed by atoms with Crippen molar-refractivity contribution in [2.24, 2.45) is 0 Å². The molecule has 0 N–H and O–H groups in total. The smallest absolute Gasteiger partial charge is 0.254 e. The van der Waals surface area contributed by atoms with Crippen LogP contribution in [0.5, 0.6) is 5.75 Å². The van der Waals surface area contributed by atoms with Gasteiger partial charge in [-0.15, -0.1) is 0 Å². The second kappa shape index (κ2) is 11.1. The molecule has 6 heteroatoms. The van der Waals surface area contributed by atoms with Gasteiger partial charge in [0.15, 0.2) is 0 Å². The number of benzene rings is 2. The van der Waals surface area contributed by atoms with Crippen molar-refractivity contribution < 1.29 is 14.3 Å². The first-order chi connectivity index (χ1) is 15.7. The van der Waals surface area contributed by atoms with Gasteiger partial charge in [0.25, 0.3) is 5.91 Å². The second-order valence-electron chi connectivity index (χ2n) is 8.66. The van der Waals surface area contributed by atoms with E-state index in [-0.39, 0.29) is 18.4 Å². The average molecular weight is 436 g/mol. The summed E-state index contributed by atoms with van der Waals surface area (Å²) in [5.41, 5.74) is 1.70. The van der Waals surface area contributed by atoms with E-state index in [1.54, 1.807) is 17.0 Å². The molecule has 170 valence electrons. The van der Waals surface area contributed by atoms with Crippen molar-refractivity contribution in [3.8, 4) is 5.75 Å². The highest BCUT2D eigenvalue weighted by Gasteiger charge is 2.27. The maximum absolute atomic E-state index is 12.9. The third-order valence-corrected chi connectivity index (χ3v) is 6.26. The van der Waals surface area contributed by atoms with E-state index in [0.717, 1.165) is 24.3 Å². The Morgan fingerprint density at radius 2 is 1.62 bits per heavy atom. The second-order valence-corrected chi connectivity index (χ2v) is 8.66. The van der Waals surface area contributed by atoms with Crippen molar-refractivity contribution in [2.75, 3.05) is 45.9 Å². The lowest BCUT2D eigenvalue weighted by molar-refractivity contribution is -0.135. The molecular formula is C26H33N3O3. The van der Waals surface area contributed by atoms with Crippen molar-refractivity contribution >= 4 is 11.8 Å². The molecule has 2 amide bonds. The van der Waals surface area contributed by atoms with Crippen LogP contribution in [0.25, 0.3) is 0 Å². The Hall–Kier alpha value is -2.86. The topological polar surface area (TPSA) is 53.1 Å². The predicted molar refractivity (Wildman–Crippen MR) is 125 cm³/mol. The van der Waals surface area contributed by atoms with Gasteiger partial charge in [-0.1, -0.05) is 36.8 Å². The number of carbonyl (C=O) groups excluding carboxylic acids is 2. The summed E-state index contributed by atoms with van der Waals surface area (Å²) in [6.45, 7) is 6.00. The molecule has 0 unspecified atom stereocenters. The zero-order valence-corrected chi connectivity index (χ0v) is 18.7. The van der Waals surface area contributed by atoms with E-state index < -0.39 is 0 Å². The molecule has 2 fully saturated rings. The number of hydrogen-bond acceptors (Lipinski definition) is 4. The Morgan fingerprint density at radius 3 is 2.34 bits per heavy atom. The Kier molecular flexibility index (Phi) is 7.77. The van der Waals surface area contributed by atoms with Crippen LogP contribution in [0.15, 0.2) is 54.6 Å². The van der Waals surface area contributed by atoms with Crippen LogP contribution in [0, 0.1) is 0 Å². The SMILES string of the molecule is O=C1CN(C(=O)c2ccc(OCCCN3CCCCC3)cc2)CCN1Cc1ccccc1. The molecule has 2 aliphatic rings. The zero-order chi connectivity index (χ0) is 22.2. The predicted octanol–water partition coefficient (Wildman–Crippen LogP) is 3.43. The molecule has 0 spiro atoms. The van der Waals surface area contributed by atoms with Crippen molar-refractivity contribution in [1.82, 2.24) is 14.7 Å². The van der Waals surface area contributed by atoms with E-state index in [9.17, 15) is 9.59 Å². The number of rotatable bonds is 8. The Morgan fingerprint density at radius 1 is 0.875 bits per heavy atom. The molecular weight excluding hydrogens is 402 g/mol. The molecule has 0 radical (unpaired) electrons. The summed E-state index contributed by atoms with van der Waals surface area (Å²) in [7, 11) is 0. The lowest BCUT2D eigenvalue weighted by Crippen LogP contribution is -2.51. The van der Waals surface area contributed by atoms with Crippen LogP contribution in [-0.4, -0.2) is 72.4 Å².